The van der Waals surface area contributed by atoms with Gasteiger partial charge in [-0.15, -0.1) is 0 Å². The van der Waals surface area contributed by atoms with Crippen molar-refractivity contribution in [3.05, 3.63) is 68.7 Å². The fourth-order valence-corrected chi connectivity index (χ4v) is 2.37. The molecule has 1 N–H and O–H groups in total. The van der Waals surface area contributed by atoms with Gasteiger partial charge in [0.1, 0.15) is 5.75 Å². The molecule has 2 rings (SSSR count). The molecule has 0 aromatic heterocycles. The second-order valence-electron chi connectivity index (χ2n) is 4.52. The second kappa shape index (κ2) is 7.55. The van der Waals surface area contributed by atoms with Gasteiger partial charge in [0.05, 0.1) is 16.5 Å². The topological polar surface area (TPSA) is 81.5 Å². The molecule has 118 valence electrons. The number of anilines is 1. The van der Waals surface area contributed by atoms with E-state index >= 15 is 0 Å². The first-order chi connectivity index (χ1) is 11.0. The van der Waals surface area contributed by atoms with Crippen molar-refractivity contribution in [1.82, 2.24) is 0 Å². The van der Waals surface area contributed by atoms with Crippen molar-refractivity contribution >= 4 is 39.3 Å². The number of methoxy groups -OCH3 is 1. The van der Waals surface area contributed by atoms with Crippen LogP contribution in [0.5, 0.6) is 5.75 Å². The Labute approximate surface area is 141 Å². The molecule has 0 aliphatic heterocycles. The van der Waals surface area contributed by atoms with Crippen LogP contribution in [0.25, 0.3) is 6.08 Å². The highest BCUT2D eigenvalue weighted by Crippen LogP contribution is 2.26. The number of hydrogen-bond donors (Lipinski definition) is 1. The summed E-state index contributed by atoms with van der Waals surface area (Å²) in [5.74, 6) is 0.378. The molecule has 0 aliphatic rings. The van der Waals surface area contributed by atoms with Gasteiger partial charge in [0, 0.05) is 23.9 Å². The van der Waals surface area contributed by atoms with Gasteiger partial charge in [0.15, 0.2) is 0 Å². The number of nitrogens with zero attached hydrogens (tertiary/aromatic N) is 1. The smallest absolute Gasteiger partial charge is 0.269 e. The van der Waals surface area contributed by atoms with E-state index in [1.807, 2.05) is 12.1 Å². The molecule has 6 nitrogen and oxygen atoms in total. The van der Waals surface area contributed by atoms with Crippen LogP contribution in [0.1, 0.15) is 5.56 Å². The number of hydrogen-bond acceptors (Lipinski definition) is 4. The van der Waals surface area contributed by atoms with Crippen molar-refractivity contribution in [3.63, 3.8) is 0 Å². The van der Waals surface area contributed by atoms with Gasteiger partial charge >= 0.3 is 0 Å². The summed E-state index contributed by atoms with van der Waals surface area (Å²) in [6, 6.07) is 11.1. The molecule has 2 aromatic rings. The van der Waals surface area contributed by atoms with E-state index in [0.717, 1.165) is 10.0 Å². The maximum atomic E-state index is 11.8. The molecule has 0 fully saturated rings. The number of rotatable bonds is 5. The van der Waals surface area contributed by atoms with Crippen LogP contribution in [0.4, 0.5) is 11.4 Å². The summed E-state index contributed by atoms with van der Waals surface area (Å²) >= 11 is 3.37. The van der Waals surface area contributed by atoms with Crippen LogP contribution in [-0.2, 0) is 4.79 Å². The van der Waals surface area contributed by atoms with Crippen LogP contribution < -0.4 is 10.1 Å². The van der Waals surface area contributed by atoms with Gasteiger partial charge in [0.2, 0.25) is 5.91 Å². The minimum absolute atomic E-state index is 0.0263. The van der Waals surface area contributed by atoms with E-state index in [1.165, 1.54) is 30.3 Å². The van der Waals surface area contributed by atoms with Gasteiger partial charge in [-0.05, 0) is 51.8 Å². The molecule has 0 unspecified atom stereocenters. The summed E-state index contributed by atoms with van der Waals surface area (Å²) in [6.07, 6.45) is 3.04. The number of non-ortho nitro benzene ring substituents is 1. The SMILES string of the molecule is COc1ccc(C=CC(=O)Nc2ccc([N+](=O)[O-])cc2)cc1Br. The molecule has 0 radical (unpaired) electrons. The molecule has 0 aliphatic carbocycles. The Hall–Kier alpha value is -2.67. The highest BCUT2D eigenvalue weighted by molar-refractivity contribution is 9.10. The predicted molar refractivity (Wildman–Crippen MR) is 91.5 cm³/mol. The van der Waals surface area contributed by atoms with Crippen molar-refractivity contribution in [1.29, 1.82) is 0 Å². The highest BCUT2D eigenvalue weighted by atomic mass is 79.9. The van der Waals surface area contributed by atoms with Crippen LogP contribution >= 0.6 is 15.9 Å². The van der Waals surface area contributed by atoms with Crippen molar-refractivity contribution in [3.8, 4) is 5.75 Å². The standard InChI is InChI=1S/C16H13BrN2O4/c1-23-15-8-2-11(10-14(15)17)3-9-16(20)18-12-4-6-13(7-5-12)19(21)22/h2-10H,1H3,(H,18,20). The zero-order valence-corrected chi connectivity index (χ0v) is 13.7. The predicted octanol–water partition coefficient (Wildman–Crippen LogP) is 4.02. The van der Waals surface area contributed by atoms with E-state index in [4.69, 9.17) is 4.74 Å². The molecule has 2 aromatic carbocycles. The summed E-state index contributed by atoms with van der Waals surface area (Å²) in [7, 11) is 1.58. The third-order valence-corrected chi connectivity index (χ3v) is 3.57. The lowest BCUT2D eigenvalue weighted by atomic mass is 10.2. The Bertz CT molecular complexity index is 757. The zero-order valence-electron chi connectivity index (χ0n) is 12.2. The van der Waals surface area contributed by atoms with E-state index < -0.39 is 4.92 Å². The van der Waals surface area contributed by atoms with Gasteiger partial charge in [-0.3, -0.25) is 14.9 Å². The monoisotopic (exact) mass is 376 g/mol. The Balaban J connectivity index is 2.01. The van der Waals surface area contributed by atoms with E-state index in [1.54, 1.807) is 19.3 Å². The van der Waals surface area contributed by atoms with Crippen LogP contribution in [-0.4, -0.2) is 17.9 Å². The van der Waals surface area contributed by atoms with E-state index in [-0.39, 0.29) is 11.6 Å². The zero-order chi connectivity index (χ0) is 16.8. The summed E-state index contributed by atoms with van der Waals surface area (Å²) < 4.78 is 5.92. The first-order valence-corrected chi connectivity index (χ1v) is 7.36. The summed E-state index contributed by atoms with van der Waals surface area (Å²) in [5, 5.41) is 13.2. The van der Waals surface area contributed by atoms with Crippen molar-refractivity contribution in [2.75, 3.05) is 12.4 Å². The summed E-state index contributed by atoms with van der Waals surface area (Å²) in [5.41, 5.74) is 1.29. The number of nitro groups is 1. The lowest BCUT2D eigenvalue weighted by Crippen LogP contribution is -2.07. The number of carbonyl (C=O) groups excluding carboxylic acids is 1. The molecule has 0 bridgehead atoms. The molecule has 0 spiro atoms. The van der Waals surface area contributed by atoms with Crippen molar-refractivity contribution < 1.29 is 14.5 Å². The first-order valence-electron chi connectivity index (χ1n) is 6.56. The van der Waals surface area contributed by atoms with Gasteiger partial charge in [-0.25, -0.2) is 0 Å². The number of nitrogens with one attached hydrogen (secondary N) is 1. The summed E-state index contributed by atoms with van der Waals surface area (Å²) in [4.78, 5) is 21.9. The minimum atomic E-state index is -0.493. The van der Waals surface area contributed by atoms with E-state index in [9.17, 15) is 14.9 Å². The number of benzene rings is 2. The number of halogens is 1. The fraction of sp³-hybridized carbons (Fsp3) is 0.0625. The highest BCUT2D eigenvalue weighted by Gasteiger charge is 2.05. The van der Waals surface area contributed by atoms with Crippen LogP contribution in [0, 0.1) is 10.1 Å². The van der Waals surface area contributed by atoms with Gasteiger partial charge in [-0.1, -0.05) is 6.07 Å². The normalized spacial score (nSPS) is 10.5. The Morgan fingerprint density at radius 1 is 1.26 bits per heavy atom. The van der Waals surface area contributed by atoms with Crippen LogP contribution in [0.3, 0.4) is 0 Å². The number of nitro benzene ring substituents is 1. The molecule has 0 saturated carbocycles. The average Bonchev–Trinajstić information content (AvgIpc) is 2.53. The average molecular weight is 377 g/mol. The van der Waals surface area contributed by atoms with Crippen molar-refractivity contribution in [2.45, 2.75) is 0 Å². The largest absolute Gasteiger partial charge is 0.496 e. The minimum Gasteiger partial charge on any atom is -0.496 e. The molecule has 0 saturated heterocycles. The maximum absolute atomic E-state index is 11.8. The molecular formula is C16H13BrN2O4. The molecule has 1 amide bonds. The number of carbonyl (C=O) groups is 1. The van der Waals surface area contributed by atoms with Crippen molar-refractivity contribution in [2.24, 2.45) is 0 Å². The molecule has 23 heavy (non-hydrogen) atoms. The number of amides is 1. The number of ether oxygens (including phenoxy) is 1. The Morgan fingerprint density at radius 3 is 2.52 bits per heavy atom. The van der Waals surface area contributed by atoms with Gasteiger partial charge in [0.25, 0.3) is 5.69 Å². The van der Waals surface area contributed by atoms with E-state index in [2.05, 4.69) is 21.2 Å². The lowest BCUT2D eigenvalue weighted by molar-refractivity contribution is -0.384. The Kier molecular flexibility index (Phi) is 5.48. The quantitative estimate of drug-likeness (QED) is 0.485. The third kappa shape index (κ3) is 4.65. The first kappa shape index (κ1) is 16.7. The second-order valence-corrected chi connectivity index (χ2v) is 5.37. The fourth-order valence-electron chi connectivity index (χ4n) is 1.81. The molecule has 7 heteroatoms. The lowest BCUT2D eigenvalue weighted by Gasteiger charge is -2.04. The molecule has 0 heterocycles. The van der Waals surface area contributed by atoms with E-state index in [0.29, 0.717) is 11.4 Å². The van der Waals surface area contributed by atoms with Gasteiger partial charge < -0.3 is 10.1 Å². The van der Waals surface area contributed by atoms with Gasteiger partial charge in [-0.2, -0.15) is 0 Å². The third-order valence-electron chi connectivity index (χ3n) is 2.95. The maximum Gasteiger partial charge on any atom is 0.269 e. The summed E-state index contributed by atoms with van der Waals surface area (Å²) in [6.45, 7) is 0. The molecular weight excluding hydrogens is 364 g/mol. The Morgan fingerprint density at radius 2 is 1.96 bits per heavy atom. The molecule has 0 atom stereocenters. The van der Waals surface area contributed by atoms with Crippen LogP contribution in [0.2, 0.25) is 0 Å². The van der Waals surface area contributed by atoms with Crippen LogP contribution in [0.15, 0.2) is 53.0 Å².